The van der Waals surface area contributed by atoms with Gasteiger partial charge in [-0.1, -0.05) is 30.8 Å². The van der Waals surface area contributed by atoms with Gasteiger partial charge in [-0.25, -0.2) is 14.4 Å². The van der Waals surface area contributed by atoms with Crippen molar-refractivity contribution in [2.24, 2.45) is 0 Å². The molecule has 0 saturated carbocycles. The van der Waals surface area contributed by atoms with Crippen molar-refractivity contribution in [3.8, 4) is 0 Å². The maximum Gasteiger partial charge on any atom is 0.233 e. The molecule has 2 aromatic heterocycles. The van der Waals surface area contributed by atoms with Crippen molar-refractivity contribution in [2.45, 2.75) is 43.9 Å². The van der Waals surface area contributed by atoms with E-state index < -0.39 is 0 Å². The fourth-order valence-corrected chi connectivity index (χ4v) is 4.73. The number of carbonyl (C=O) groups excluding carboxylic acids is 1. The molecule has 1 unspecified atom stereocenters. The van der Waals surface area contributed by atoms with Gasteiger partial charge in [0.05, 0.1) is 5.25 Å². The number of fused-ring (bicyclic) bond motifs is 1. The van der Waals surface area contributed by atoms with Gasteiger partial charge >= 0.3 is 0 Å². The molecule has 1 aromatic carbocycles. The summed E-state index contributed by atoms with van der Waals surface area (Å²) in [5.74, 6) is 0.440. The van der Waals surface area contributed by atoms with E-state index in [4.69, 9.17) is 0 Å². The molecule has 1 amide bonds. The lowest BCUT2D eigenvalue weighted by Gasteiger charge is -2.12. The largest absolute Gasteiger partial charge is 0.355 e. The average Bonchev–Trinajstić information content (AvgIpc) is 3.06. The Morgan fingerprint density at radius 3 is 2.74 bits per heavy atom. The Morgan fingerprint density at radius 2 is 2.04 bits per heavy atom. The number of carbonyl (C=O) groups is 1. The lowest BCUT2D eigenvalue weighted by Crippen LogP contribution is -2.32. The quantitative estimate of drug-likeness (QED) is 0.465. The van der Waals surface area contributed by atoms with Crippen LogP contribution in [0.5, 0.6) is 0 Å². The number of thioether (sulfide) groups is 1. The minimum atomic E-state index is -0.263. The van der Waals surface area contributed by atoms with Crippen molar-refractivity contribution < 1.29 is 9.18 Å². The number of hydrogen-bond donors (Lipinski definition) is 1. The number of thiophene rings is 1. The number of aromatic nitrogens is 2. The summed E-state index contributed by atoms with van der Waals surface area (Å²) >= 11 is 3.14. The summed E-state index contributed by atoms with van der Waals surface area (Å²) in [6.07, 6.45) is 1.63. The topological polar surface area (TPSA) is 54.9 Å². The first-order valence-electron chi connectivity index (χ1n) is 8.92. The molecule has 0 saturated heterocycles. The average molecular weight is 404 g/mol. The van der Waals surface area contributed by atoms with Crippen LogP contribution in [0, 0.1) is 12.7 Å². The van der Waals surface area contributed by atoms with Crippen molar-refractivity contribution >= 4 is 39.2 Å². The minimum absolute atomic E-state index is 0.0301. The highest BCUT2D eigenvalue weighted by molar-refractivity contribution is 8.00. The zero-order valence-electron chi connectivity index (χ0n) is 15.6. The molecule has 0 aliphatic rings. The van der Waals surface area contributed by atoms with E-state index in [0.717, 1.165) is 33.1 Å². The van der Waals surface area contributed by atoms with Crippen molar-refractivity contribution in [3.63, 3.8) is 0 Å². The second-order valence-electron chi connectivity index (χ2n) is 6.29. The summed E-state index contributed by atoms with van der Waals surface area (Å²) in [4.78, 5) is 23.7. The molecule has 0 aliphatic heterocycles. The molecular weight excluding hydrogens is 381 g/mol. The van der Waals surface area contributed by atoms with Crippen LogP contribution < -0.4 is 5.32 Å². The predicted octanol–water partition coefficient (Wildman–Crippen LogP) is 4.54. The summed E-state index contributed by atoms with van der Waals surface area (Å²) in [6.45, 7) is 6.40. The summed E-state index contributed by atoms with van der Waals surface area (Å²) in [5, 5.41) is 4.57. The normalized spacial score (nSPS) is 12.3. The van der Waals surface area contributed by atoms with Crippen molar-refractivity contribution in [3.05, 3.63) is 52.4 Å². The van der Waals surface area contributed by atoms with E-state index in [0.29, 0.717) is 13.0 Å². The Kier molecular flexibility index (Phi) is 6.44. The van der Waals surface area contributed by atoms with Crippen LogP contribution in [0.2, 0.25) is 0 Å². The smallest absolute Gasteiger partial charge is 0.233 e. The zero-order chi connectivity index (χ0) is 19.4. The molecule has 0 aliphatic carbocycles. The molecule has 0 radical (unpaired) electrons. The van der Waals surface area contributed by atoms with Gasteiger partial charge in [0.1, 0.15) is 21.5 Å². The summed E-state index contributed by atoms with van der Waals surface area (Å²) in [7, 11) is 0. The van der Waals surface area contributed by atoms with E-state index in [9.17, 15) is 9.18 Å². The van der Waals surface area contributed by atoms with Gasteiger partial charge in [0.25, 0.3) is 0 Å². The maximum atomic E-state index is 12.9. The fraction of sp³-hybridized carbons (Fsp3) is 0.350. The number of nitrogens with zero attached hydrogens (tertiary/aromatic N) is 2. The van der Waals surface area contributed by atoms with Gasteiger partial charge < -0.3 is 5.32 Å². The fourth-order valence-electron chi connectivity index (χ4n) is 2.66. The van der Waals surface area contributed by atoms with E-state index in [-0.39, 0.29) is 17.0 Å². The number of aryl methyl sites for hydroxylation is 2. The second kappa shape index (κ2) is 8.80. The van der Waals surface area contributed by atoms with Gasteiger partial charge in [-0.05, 0) is 50.5 Å². The van der Waals surface area contributed by atoms with Gasteiger partial charge in [0.2, 0.25) is 5.91 Å². The van der Waals surface area contributed by atoms with E-state index in [1.165, 1.54) is 28.8 Å². The molecule has 0 bridgehead atoms. The van der Waals surface area contributed by atoms with Crippen LogP contribution in [-0.2, 0) is 17.6 Å². The van der Waals surface area contributed by atoms with Crippen LogP contribution in [0.15, 0.2) is 35.4 Å². The van der Waals surface area contributed by atoms with E-state index in [2.05, 4.69) is 28.3 Å². The van der Waals surface area contributed by atoms with Crippen LogP contribution in [0.1, 0.15) is 30.1 Å². The minimum Gasteiger partial charge on any atom is -0.355 e. The third-order valence-electron chi connectivity index (χ3n) is 4.15. The van der Waals surface area contributed by atoms with Crippen molar-refractivity contribution in [2.75, 3.05) is 6.54 Å². The number of hydrogen-bond acceptors (Lipinski definition) is 5. The van der Waals surface area contributed by atoms with Gasteiger partial charge in [-0.15, -0.1) is 11.3 Å². The van der Waals surface area contributed by atoms with E-state index in [1.807, 2.05) is 13.8 Å². The Balaban J connectivity index is 1.61. The lowest BCUT2D eigenvalue weighted by molar-refractivity contribution is -0.120. The second-order valence-corrected chi connectivity index (χ2v) is 8.73. The van der Waals surface area contributed by atoms with Gasteiger partial charge in [-0.3, -0.25) is 4.79 Å². The molecule has 0 fully saturated rings. The van der Waals surface area contributed by atoms with Crippen molar-refractivity contribution in [1.29, 1.82) is 0 Å². The number of amides is 1. The molecule has 0 spiro atoms. The molecule has 4 nitrogen and oxygen atoms in total. The Morgan fingerprint density at radius 1 is 1.30 bits per heavy atom. The third-order valence-corrected chi connectivity index (χ3v) is 6.43. The molecule has 2 heterocycles. The molecule has 3 aromatic rings. The molecule has 7 heteroatoms. The molecule has 27 heavy (non-hydrogen) atoms. The van der Waals surface area contributed by atoms with Gasteiger partial charge in [0, 0.05) is 16.8 Å². The Hall–Kier alpha value is -1.99. The lowest BCUT2D eigenvalue weighted by atomic mass is 10.1. The highest BCUT2D eigenvalue weighted by atomic mass is 32.2. The zero-order valence-corrected chi connectivity index (χ0v) is 17.2. The highest BCUT2D eigenvalue weighted by Crippen LogP contribution is 2.33. The molecule has 1 atom stereocenters. The molecule has 1 N–H and O–H groups in total. The van der Waals surface area contributed by atoms with Gasteiger partial charge in [0.15, 0.2) is 0 Å². The third kappa shape index (κ3) is 5.05. The summed E-state index contributed by atoms with van der Waals surface area (Å²) in [5.41, 5.74) is 0.996. The van der Waals surface area contributed by atoms with Crippen LogP contribution >= 0.6 is 23.1 Å². The molecular formula is C20H22FN3OS2. The van der Waals surface area contributed by atoms with Crippen molar-refractivity contribution in [1.82, 2.24) is 15.3 Å². The van der Waals surface area contributed by atoms with E-state index in [1.54, 1.807) is 23.5 Å². The Bertz CT molecular complexity index is 940. The van der Waals surface area contributed by atoms with E-state index >= 15 is 0 Å². The highest BCUT2D eigenvalue weighted by Gasteiger charge is 2.18. The first-order chi connectivity index (χ1) is 13.0. The van der Waals surface area contributed by atoms with Gasteiger partial charge in [-0.2, -0.15) is 0 Å². The number of rotatable bonds is 7. The summed E-state index contributed by atoms with van der Waals surface area (Å²) < 4.78 is 12.9. The molecule has 3 rings (SSSR count). The monoisotopic (exact) mass is 403 g/mol. The SMILES string of the molecule is CCc1cc2c(SC(C)C(=O)NCCc3ccc(F)cc3)nc(C)nc2s1. The first-order valence-corrected chi connectivity index (χ1v) is 10.6. The predicted molar refractivity (Wildman–Crippen MR) is 110 cm³/mol. The standard InChI is InChI=1S/C20H22FN3OS2/c1-4-16-11-17-19(23-13(3)24-20(17)27-16)26-12(2)18(25)22-10-9-14-5-7-15(21)8-6-14/h5-8,11-12H,4,9-10H2,1-3H3,(H,22,25). The van der Waals surface area contributed by atoms with Crippen LogP contribution in [0.3, 0.4) is 0 Å². The number of halogens is 1. The van der Waals surface area contributed by atoms with Crippen LogP contribution in [-0.4, -0.2) is 27.7 Å². The van der Waals surface area contributed by atoms with Crippen LogP contribution in [0.4, 0.5) is 4.39 Å². The molecule has 142 valence electrons. The Labute approximate surface area is 166 Å². The first kappa shape index (κ1) is 19.8. The number of nitrogens with one attached hydrogen (secondary N) is 1. The van der Waals surface area contributed by atoms with Crippen LogP contribution in [0.25, 0.3) is 10.2 Å². The number of benzene rings is 1. The maximum absolute atomic E-state index is 12.9. The summed E-state index contributed by atoms with van der Waals surface area (Å²) in [6, 6.07) is 8.47.